The van der Waals surface area contributed by atoms with Gasteiger partial charge in [-0.25, -0.2) is 9.18 Å². The average Bonchev–Trinajstić information content (AvgIpc) is 3.51. The molecular weight excluding hydrogens is 485 g/mol. The second-order valence-corrected chi connectivity index (χ2v) is 9.16. The zero-order valence-electron chi connectivity index (χ0n) is 19.1. The maximum atomic E-state index is 14.7. The van der Waals surface area contributed by atoms with E-state index >= 15 is 0 Å². The summed E-state index contributed by atoms with van der Waals surface area (Å²) in [6.45, 7) is 1.34. The van der Waals surface area contributed by atoms with Gasteiger partial charge in [-0.2, -0.15) is 0 Å². The number of carbonyl (C=O) groups is 2. The molecular formula is C26H23ClFN5O3. The van der Waals surface area contributed by atoms with Gasteiger partial charge in [0, 0.05) is 53.9 Å². The van der Waals surface area contributed by atoms with Gasteiger partial charge >= 0.3 is 6.03 Å². The quantitative estimate of drug-likeness (QED) is 0.373. The van der Waals surface area contributed by atoms with Gasteiger partial charge in [0.2, 0.25) is 0 Å². The third-order valence-corrected chi connectivity index (χ3v) is 6.48. The zero-order valence-corrected chi connectivity index (χ0v) is 19.9. The highest BCUT2D eigenvalue weighted by atomic mass is 35.5. The fourth-order valence-electron chi connectivity index (χ4n) is 4.33. The summed E-state index contributed by atoms with van der Waals surface area (Å²) >= 11 is 6.00. The van der Waals surface area contributed by atoms with E-state index in [1.807, 2.05) is 6.07 Å². The van der Waals surface area contributed by atoms with Crippen molar-refractivity contribution >= 4 is 40.1 Å². The largest absolute Gasteiger partial charge is 0.350 e. The number of nitrogens with one attached hydrogen (secondary N) is 3. The molecule has 1 aliphatic rings. The Morgan fingerprint density at radius 3 is 2.78 bits per heavy atom. The Balaban J connectivity index is 1.15. The van der Waals surface area contributed by atoms with E-state index in [0.29, 0.717) is 42.5 Å². The lowest BCUT2D eigenvalue weighted by Gasteiger charge is -2.18. The number of hydrogen-bond acceptors (Lipinski definition) is 3. The molecule has 3 amide bonds. The van der Waals surface area contributed by atoms with Crippen LogP contribution in [0.3, 0.4) is 0 Å². The van der Waals surface area contributed by atoms with E-state index < -0.39 is 11.8 Å². The van der Waals surface area contributed by atoms with Crippen LogP contribution in [0.2, 0.25) is 5.02 Å². The number of pyridine rings is 1. The van der Waals surface area contributed by atoms with Crippen LogP contribution in [-0.4, -0.2) is 46.0 Å². The Bertz CT molecular complexity index is 1510. The van der Waals surface area contributed by atoms with Crippen LogP contribution in [0.5, 0.6) is 0 Å². The van der Waals surface area contributed by atoms with Crippen LogP contribution < -0.4 is 16.2 Å². The van der Waals surface area contributed by atoms with Crippen LogP contribution in [0.15, 0.2) is 71.7 Å². The minimum absolute atomic E-state index is 0.0309. The molecule has 1 aliphatic heterocycles. The number of aromatic nitrogens is 2. The van der Waals surface area contributed by atoms with Crippen LogP contribution >= 0.6 is 11.6 Å². The molecule has 1 atom stereocenters. The van der Waals surface area contributed by atoms with Crippen LogP contribution in [-0.2, 0) is 0 Å². The molecule has 2 aromatic heterocycles. The first-order chi connectivity index (χ1) is 17.4. The number of nitrogens with zero attached hydrogens (tertiary/aromatic N) is 2. The first-order valence-electron chi connectivity index (χ1n) is 11.5. The van der Waals surface area contributed by atoms with E-state index in [-0.39, 0.29) is 23.1 Å². The molecule has 0 saturated carbocycles. The average molecular weight is 508 g/mol. The second-order valence-electron chi connectivity index (χ2n) is 8.73. The van der Waals surface area contributed by atoms with Crippen molar-refractivity contribution < 1.29 is 14.0 Å². The summed E-state index contributed by atoms with van der Waals surface area (Å²) in [7, 11) is 0. The van der Waals surface area contributed by atoms with Gasteiger partial charge in [-0.15, -0.1) is 0 Å². The Kier molecular flexibility index (Phi) is 6.47. The van der Waals surface area contributed by atoms with Crippen molar-refractivity contribution in [2.75, 3.05) is 25.0 Å². The van der Waals surface area contributed by atoms with Gasteiger partial charge in [0.25, 0.3) is 11.5 Å². The number of likely N-dealkylation sites (tertiary alicyclic amines) is 1. The smallest absolute Gasteiger partial charge is 0.321 e. The third-order valence-electron chi connectivity index (χ3n) is 6.25. The molecule has 1 fully saturated rings. The van der Waals surface area contributed by atoms with Gasteiger partial charge in [-0.05, 0) is 48.7 Å². The van der Waals surface area contributed by atoms with Crippen LogP contribution in [0, 0.1) is 11.7 Å². The Morgan fingerprint density at radius 2 is 1.97 bits per heavy atom. The number of benzene rings is 2. The van der Waals surface area contributed by atoms with E-state index in [9.17, 15) is 18.8 Å². The molecule has 0 aliphatic carbocycles. The van der Waals surface area contributed by atoms with E-state index in [4.69, 9.17) is 11.6 Å². The number of aromatic amines is 1. The molecule has 0 unspecified atom stereocenters. The molecule has 5 rings (SSSR count). The molecule has 1 saturated heterocycles. The SMILES string of the molecule is O=C(NC[C@H]1CCN(C(=O)Nc2ccc(-n3ccccc3=O)cc2F)C1)c1cc2ccc(Cl)cc2[nH]1. The number of anilines is 1. The zero-order chi connectivity index (χ0) is 25.2. The van der Waals surface area contributed by atoms with Crippen molar-refractivity contribution in [1.82, 2.24) is 19.8 Å². The highest BCUT2D eigenvalue weighted by Crippen LogP contribution is 2.22. The summed E-state index contributed by atoms with van der Waals surface area (Å²) in [6.07, 6.45) is 2.26. The Labute approximate surface area is 210 Å². The van der Waals surface area contributed by atoms with Crippen molar-refractivity contribution in [3.05, 3.63) is 93.7 Å². The van der Waals surface area contributed by atoms with Gasteiger partial charge in [0.05, 0.1) is 11.4 Å². The van der Waals surface area contributed by atoms with Crippen LogP contribution in [0.1, 0.15) is 16.9 Å². The first kappa shape index (κ1) is 23.6. The van der Waals surface area contributed by atoms with Crippen molar-refractivity contribution in [1.29, 1.82) is 0 Å². The minimum Gasteiger partial charge on any atom is -0.350 e. The lowest BCUT2D eigenvalue weighted by atomic mass is 10.1. The number of urea groups is 1. The monoisotopic (exact) mass is 507 g/mol. The summed E-state index contributed by atoms with van der Waals surface area (Å²) < 4.78 is 16.0. The molecule has 8 nitrogen and oxygen atoms in total. The summed E-state index contributed by atoms with van der Waals surface area (Å²) in [5.74, 6) is -0.792. The Morgan fingerprint density at radius 1 is 1.11 bits per heavy atom. The summed E-state index contributed by atoms with van der Waals surface area (Å²) in [6, 6.07) is 15.6. The molecule has 4 aromatic rings. The van der Waals surface area contributed by atoms with Crippen LogP contribution in [0.4, 0.5) is 14.9 Å². The third kappa shape index (κ3) is 4.96. The van der Waals surface area contributed by atoms with Crippen molar-refractivity contribution in [3.8, 4) is 5.69 Å². The van der Waals surface area contributed by atoms with Gasteiger partial charge < -0.3 is 20.5 Å². The number of carbonyl (C=O) groups excluding carboxylic acids is 2. The molecule has 0 radical (unpaired) electrons. The van der Waals surface area contributed by atoms with Crippen molar-refractivity contribution in [3.63, 3.8) is 0 Å². The van der Waals surface area contributed by atoms with Crippen LogP contribution in [0.25, 0.3) is 16.6 Å². The predicted molar refractivity (Wildman–Crippen MR) is 136 cm³/mol. The summed E-state index contributed by atoms with van der Waals surface area (Å²) in [5, 5.41) is 6.99. The van der Waals surface area contributed by atoms with E-state index in [1.165, 1.54) is 22.8 Å². The number of amides is 3. The number of fused-ring (bicyclic) bond motifs is 1. The lowest BCUT2D eigenvalue weighted by molar-refractivity contribution is 0.0943. The molecule has 0 spiro atoms. The van der Waals surface area contributed by atoms with Gasteiger partial charge in [0.1, 0.15) is 11.5 Å². The second kappa shape index (κ2) is 9.87. The maximum Gasteiger partial charge on any atom is 0.321 e. The van der Waals surface area contributed by atoms with Gasteiger partial charge in [0.15, 0.2) is 0 Å². The molecule has 0 bridgehead atoms. The van der Waals surface area contributed by atoms with Crippen molar-refractivity contribution in [2.24, 2.45) is 5.92 Å². The maximum absolute atomic E-state index is 14.7. The van der Waals surface area contributed by atoms with E-state index in [2.05, 4.69) is 15.6 Å². The van der Waals surface area contributed by atoms with E-state index in [0.717, 1.165) is 10.9 Å². The number of H-pyrrole nitrogens is 1. The summed E-state index contributed by atoms with van der Waals surface area (Å²) in [4.78, 5) is 41.9. The molecule has 3 N–H and O–H groups in total. The number of halogens is 2. The molecule has 184 valence electrons. The molecule has 10 heteroatoms. The Hall–Kier alpha value is -4.11. The fourth-order valence-corrected chi connectivity index (χ4v) is 4.50. The topological polar surface area (TPSA) is 99.2 Å². The molecule has 36 heavy (non-hydrogen) atoms. The van der Waals surface area contributed by atoms with E-state index in [1.54, 1.807) is 47.5 Å². The first-order valence-corrected chi connectivity index (χ1v) is 11.9. The molecule has 3 heterocycles. The van der Waals surface area contributed by atoms with Gasteiger partial charge in [-0.1, -0.05) is 23.7 Å². The number of rotatable bonds is 5. The molecule has 2 aromatic carbocycles. The lowest BCUT2D eigenvalue weighted by Crippen LogP contribution is -2.35. The standard InChI is InChI=1S/C26H23ClFN5O3/c27-18-5-4-17-11-23(30-22(17)12-18)25(35)29-14-16-8-10-32(15-16)26(36)31-21-7-6-19(13-20(21)28)33-9-2-1-3-24(33)34/h1-7,9,11-13,16,30H,8,10,14-15H2,(H,29,35)(H,31,36)/t16-/m1/s1. The number of hydrogen-bond donors (Lipinski definition) is 3. The van der Waals surface area contributed by atoms with Crippen molar-refractivity contribution in [2.45, 2.75) is 6.42 Å². The fraction of sp³-hybridized carbons (Fsp3) is 0.192. The summed E-state index contributed by atoms with van der Waals surface area (Å²) in [5.41, 5.74) is 1.34. The highest BCUT2D eigenvalue weighted by molar-refractivity contribution is 6.31. The normalized spacial score (nSPS) is 15.3. The van der Waals surface area contributed by atoms with Gasteiger partial charge in [-0.3, -0.25) is 14.2 Å². The highest BCUT2D eigenvalue weighted by Gasteiger charge is 2.27. The minimum atomic E-state index is -0.640. The predicted octanol–water partition coefficient (Wildman–Crippen LogP) is 4.40.